The third kappa shape index (κ3) is 2.81. The first-order valence-electron chi connectivity index (χ1n) is 9.56. The lowest BCUT2D eigenvalue weighted by Crippen LogP contribution is -2.61. The fourth-order valence-electron chi connectivity index (χ4n) is 4.18. The fraction of sp³-hybridized carbons (Fsp3) is 0.217. The zero-order valence-corrected chi connectivity index (χ0v) is 17.1. The van der Waals surface area contributed by atoms with Gasteiger partial charge >= 0.3 is 0 Å². The molecule has 0 fully saturated rings. The third-order valence-corrected chi connectivity index (χ3v) is 10.2. The van der Waals surface area contributed by atoms with E-state index in [4.69, 9.17) is 4.99 Å². The predicted molar refractivity (Wildman–Crippen MR) is 117 cm³/mol. The van der Waals surface area contributed by atoms with E-state index in [1.165, 1.54) is 16.1 Å². The second-order valence-electron chi connectivity index (χ2n) is 7.16. The highest BCUT2D eigenvalue weighted by Gasteiger charge is 2.43. The molecule has 4 heteroatoms. The van der Waals surface area contributed by atoms with Crippen molar-refractivity contribution in [3.63, 3.8) is 0 Å². The summed E-state index contributed by atoms with van der Waals surface area (Å²) in [5, 5.41) is 3.71. The van der Waals surface area contributed by atoms with Gasteiger partial charge in [0.25, 0.3) is 0 Å². The molecule has 1 atom stereocenters. The molecule has 0 amide bonds. The highest BCUT2D eigenvalue weighted by Crippen LogP contribution is 2.32. The summed E-state index contributed by atoms with van der Waals surface area (Å²) < 4.78 is 0. The van der Waals surface area contributed by atoms with E-state index < -0.39 is 8.07 Å². The zero-order valence-electron chi connectivity index (χ0n) is 16.1. The van der Waals surface area contributed by atoms with Crippen molar-refractivity contribution in [2.45, 2.75) is 20.4 Å². The van der Waals surface area contributed by atoms with Gasteiger partial charge in [-0.2, -0.15) is 0 Å². The molecule has 1 unspecified atom stereocenters. The Morgan fingerprint density at radius 3 is 2.44 bits per heavy atom. The van der Waals surface area contributed by atoms with E-state index in [0.29, 0.717) is 0 Å². The van der Waals surface area contributed by atoms with E-state index in [9.17, 15) is 4.79 Å². The average molecular weight is 373 g/mol. The lowest BCUT2D eigenvalue weighted by atomic mass is 10.1. The van der Waals surface area contributed by atoms with Crippen molar-refractivity contribution in [3.05, 3.63) is 72.0 Å². The van der Waals surface area contributed by atoms with Gasteiger partial charge in [-0.1, -0.05) is 36.9 Å². The summed E-state index contributed by atoms with van der Waals surface area (Å²) in [6.07, 6.45) is 5.32. The molecule has 4 rings (SSSR count). The topological polar surface area (TPSA) is 32.7 Å². The van der Waals surface area contributed by atoms with Gasteiger partial charge in [0.1, 0.15) is 0 Å². The third-order valence-electron chi connectivity index (χ3n) is 5.75. The Bertz CT molecular complexity index is 987. The van der Waals surface area contributed by atoms with Crippen LogP contribution in [0.25, 0.3) is 0 Å². The summed E-state index contributed by atoms with van der Waals surface area (Å²) in [6, 6.07) is 17.3. The number of nitrogens with zero attached hydrogens (tertiary/aromatic N) is 2. The van der Waals surface area contributed by atoms with Crippen molar-refractivity contribution >= 4 is 41.3 Å². The van der Waals surface area contributed by atoms with Crippen molar-refractivity contribution in [1.82, 2.24) is 0 Å². The standard InChI is InChI=1S/C23H24N2OSi/c1-4-25(5-2)17-11-13-20-22(15-17)27(3,19-9-7-6-8-10-19)23-16-18(26)12-14-21(23)24-20/h6-16H,4-5H2,1-3H3. The lowest BCUT2D eigenvalue weighted by molar-refractivity contribution is -0.110. The van der Waals surface area contributed by atoms with Crippen LogP contribution in [-0.2, 0) is 4.79 Å². The lowest BCUT2D eigenvalue weighted by Gasteiger charge is -2.37. The van der Waals surface area contributed by atoms with Crippen LogP contribution in [0.3, 0.4) is 0 Å². The smallest absolute Gasteiger partial charge is 0.178 e. The van der Waals surface area contributed by atoms with E-state index in [1.807, 2.05) is 18.2 Å². The number of carbonyl (C=O) groups is 1. The molecular weight excluding hydrogens is 348 g/mol. The Morgan fingerprint density at radius 1 is 1.00 bits per heavy atom. The minimum absolute atomic E-state index is 0.0574. The Kier molecular flexibility index (Phi) is 4.44. The summed E-state index contributed by atoms with van der Waals surface area (Å²) >= 11 is 0. The van der Waals surface area contributed by atoms with E-state index in [1.54, 1.807) is 6.08 Å². The Hall–Kier alpha value is -2.72. The average Bonchev–Trinajstić information content (AvgIpc) is 2.71. The number of hydrogen-bond donors (Lipinski definition) is 0. The first-order chi connectivity index (χ1) is 13.1. The molecule has 0 radical (unpaired) electrons. The Morgan fingerprint density at radius 2 is 1.74 bits per heavy atom. The largest absolute Gasteiger partial charge is 0.372 e. The number of benzene rings is 2. The van der Waals surface area contributed by atoms with Crippen LogP contribution in [0.1, 0.15) is 13.8 Å². The van der Waals surface area contributed by atoms with Crippen LogP contribution in [0.15, 0.2) is 76.9 Å². The van der Waals surface area contributed by atoms with Crippen LogP contribution >= 0.6 is 0 Å². The minimum atomic E-state index is -2.31. The second kappa shape index (κ2) is 6.78. The predicted octanol–water partition coefficient (Wildman–Crippen LogP) is 3.42. The van der Waals surface area contributed by atoms with E-state index in [-0.39, 0.29) is 5.78 Å². The molecule has 0 N–H and O–H groups in total. The van der Waals surface area contributed by atoms with Crippen LogP contribution in [0, 0.1) is 0 Å². The molecule has 2 aliphatic rings. The zero-order chi connectivity index (χ0) is 19.0. The van der Waals surface area contributed by atoms with Gasteiger partial charge in [-0.05, 0) is 65.8 Å². The molecule has 0 bridgehead atoms. The molecule has 0 aromatic heterocycles. The summed E-state index contributed by atoms with van der Waals surface area (Å²) in [6.45, 7) is 8.65. The number of anilines is 1. The van der Waals surface area contributed by atoms with Gasteiger partial charge in [0.2, 0.25) is 0 Å². The molecule has 27 heavy (non-hydrogen) atoms. The number of ketones is 1. The van der Waals surface area contributed by atoms with Gasteiger partial charge in [-0.25, -0.2) is 4.99 Å². The van der Waals surface area contributed by atoms with Gasteiger partial charge in [0.15, 0.2) is 13.9 Å². The first-order valence-corrected chi connectivity index (χ1v) is 12.1. The van der Waals surface area contributed by atoms with Gasteiger partial charge in [-0.15, -0.1) is 0 Å². The number of aliphatic imine (C=N–C) groups is 1. The van der Waals surface area contributed by atoms with Crippen LogP contribution in [0.4, 0.5) is 11.4 Å². The number of fused-ring (bicyclic) bond motifs is 2. The Labute approximate surface area is 161 Å². The summed E-state index contributed by atoms with van der Waals surface area (Å²) in [4.78, 5) is 19.5. The van der Waals surface area contributed by atoms with Gasteiger partial charge in [0.05, 0.1) is 11.4 Å². The van der Waals surface area contributed by atoms with E-state index in [2.05, 4.69) is 67.8 Å². The highest BCUT2D eigenvalue weighted by atomic mass is 28.3. The van der Waals surface area contributed by atoms with Crippen LogP contribution < -0.4 is 15.3 Å². The molecule has 1 heterocycles. The van der Waals surface area contributed by atoms with Crippen LogP contribution in [0.5, 0.6) is 0 Å². The molecule has 1 aliphatic heterocycles. The molecule has 3 nitrogen and oxygen atoms in total. The summed E-state index contributed by atoms with van der Waals surface area (Å²) in [5.74, 6) is 0.0574. The molecule has 2 aromatic carbocycles. The molecule has 0 saturated heterocycles. The van der Waals surface area contributed by atoms with Crippen LogP contribution in [-0.4, -0.2) is 32.7 Å². The Balaban J connectivity index is 2.00. The summed E-state index contributed by atoms with van der Waals surface area (Å²) in [5.41, 5.74) is 3.20. The van der Waals surface area contributed by atoms with Crippen molar-refractivity contribution < 1.29 is 4.79 Å². The van der Waals surface area contributed by atoms with Crippen molar-refractivity contribution in [2.24, 2.45) is 4.99 Å². The molecule has 1 aliphatic carbocycles. The maximum absolute atomic E-state index is 12.2. The minimum Gasteiger partial charge on any atom is -0.372 e. The quantitative estimate of drug-likeness (QED) is 0.609. The normalized spacial score (nSPS) is 20.5. The number of allylic oxidation sites excluding steroid dienone is 4. The highest BCUT2D eigenvalue weighted by molar-refractivity contribution is 7.10. The van der Waals surface area contributed by atoms with Gasteiger partial charge in [0, 0.05) is 18.8 Å². The monoisotopic (exact) mass is 372 g/mol. The number of hydrogen-bond acceptors (Lipinski definition) is 3. The van der Waals surface area contributed by atoms with Crippen molar-refractivity contribution in [1.29, 1.82) is 0 Å². The molecular formula is C23H24N2OSi. The SMILES string of the molecule is CCN(CC)c1ccc2c(c1)[Si](C)(c1ccccc1)C1=CC(=O)C=CC1=N2. The molecule has 136 valence electrons. The van der Waals surface area contributed by atoms with Crippen LogP contribution in [0.2, 0.25) is 6.55 Å². The van der Waals surface area contributed by atoms with Gasteiger partial charge < -0.3 is 4.90 Å². The number of carbonyl (C=O) groups excluding carboxylic acids is 1. The maximum Gasteiger partial charge on any atom is 0.178 e. The molecule has 2 aromatic rings. The van der Waals surface area contributed by atoms with Gasteiger partial charge in [-0.3, -0.25) is 4.79 Å². The molecule has 0 saturated carbocycles. The fourth-order valence-corrected chi connectivity index (χ4v) is 8.12. The number of rotatable bonds is 4. The maximum atomic E-state index is 12.2. The van der Waals surface area contributed by atoms with E-state index in [0.717, 1.165) is 29.7 Å². The van der Waals surface area contributed by atoms with Crippen molar-refractivity contribution in [2.75, 3.05) is 18.0 Å². The van der Waals surface area contributed by atoms with Crippen molar-refractivity contribution in [3.8, 4) is 0 Å². The summed E-state index contributed by atoms with van der Waals surface area (Å²) in [7, 11) is -2.31. The second-order valence-corrected chi connectivity index (χ2v) is 11.1. The molecule has 0 spiro atoms. The first kappa shape index (κ1) is 17.7. The van der Waals surface area contributed by atoms with E-state index >= 15 is 0 Å².